The highest BCUT2D eigenvalue weighted by Crippen LogP contribution is 2.21. The number of carbonyl (C=O) groups is 1. The van der Waals surface area contributed by atoms with Crippen molar-refractivity contribution in [1.29, 1.82) is 0 Å². The van der Waals surface area contributed by atoms with Gasteiger partial charge in [0.1, 0.15) is 18.1 Å². The van der Waals surface area contributed by atoms with Crippen LogP contribution < -0.4 is 14.8 Å². The summed E-state index contributed by atoms with van der Waals surface area (Å²) in [6, 6.07) is 14.6. The van der Waals surface area contributed by atoms with Gasteiger partial charge < -0.3 is 19.5 Å². The molecule has 3 rings (SSSR count). The monoisotopic (exact) mass is 355 g/mol. The van der Waals surface area contributed by atoms with Gasteiger partial charge in [0, 0.05) is 23.9 Å². The Hall–Kier alpha value is -2.53. The predicted molar refractivity (Wildman–Crippen MR) is 101 cm³/mol. The van der Waals surface area contributed by atoms with E-state index in [1.54, 1.807) is 12.1 Å². The highest BCUT2D eigenvalue weighted by Gasteiger charge is 2.16. The van der Waals surface area contributed by atoms with Gasteiger partial charge in [-0.25, -0.2) is 0 Å². The third-order valence-corrected chi connectivity index (χ3v) is 4.12. The summed E-state index contributed by atoms with van der Waals surface area (Å²) in [6.07, 6.45) is 3.21. The third kappa shape index (κ3) is 5.23. The van der Waals surface area contributed by atoms with Crippen molar-refractivity contribution in [1.82, 2.24) is 0 Å². The zero-order valence-electron chi connectivity index (χ0n) is 15.1. The van der Waals surface area contributed by atoms with Gasteiger partial charge in [0.15, 0.2) is 0 Å². The number of rotatable bonds is 8. The summed E-state index contributed by atoms with van der Waals surface area (Å²) in [5, 5.41) is 2.90. The van der Waals surface area contributed by atoms with Gasteiger partial charge >= 0.3 is 0 Å². The molecule has 5 nitrogen and oxygen atoms in total. The van der Waals surface area contributed by atoms with Crippen LogP contribution in [0.3, 0.4) is 0 Å². The van der Waals surface area contributed by atoms with Crippen LogP contribution in [0.4, 0.5) is 5.69 Å². The summed E-state index contributed by atoms with van der Waals surface area (Å²) in [5.41, 5.74) is 1.25. The first-order chi connectivity index (χ1) is 12.7. The van der Waals surface area contributed by atoms with Gasteiger partial charge in [-0.3, -0.25) is 4.79 Å². The molecular formula is C21H25NO4. The van der Waals surface area contributed by atoms with Crippen LogP contribution >= 0.6 is 0 Å². The topological polar surface area (TPSA) is 56.8 Å². The first-order valence-electron chi connectivity index (χ1n) is 9.13. The van der Waals surface area contributed by atoms with E-state index in [0.717, 1.165) is 31.6 Å². The highest BCUT2D eigenvalue weighted by molar-refractivity contribution is 6.04. The first kappa shape index (κ1) is 18.3. The summed E-state index contributed by atoms with van der Waals surface area (Å²) in [4.78, 5) is 12.5. The predicted octanol–water partition coefficient (Wildman–Crippen LogP) is 4.29. The van der Waals surface area contributed by atoms with Crippen molar-refractivity contribution in [2.24, 2.45) is 0 Å². The Balaban J connectivity index is 1.59. The first-order valence-corrected chi connectivity index (χ1v) is 9.13. The molecule has 5 heteroatoms. The molecule has 1 heterocycles. The Kier molecular flexibility index (Phi) is 6.50. The number of hydrogen-bond donors (Lipinski definition) is 1. The SMILES string of the molecule is CCCOc1cccc(C(=O)Nc2cccc(OC[C@@H]3CCCO3)c2)c1. The molecule has 1 amide bonds. The van der Waals surface area contributed by atoms with Crippen molar-refractivity contribution in [2.45, 2.75) is 32.3 Å². The fraction of sp³-hybridized carbons (Fsp3) is 0.381. The van der Waals surface area contributed by atoms with Crippen molar-refractivity contribution in [3.63, 3.8) is 0 Å². The van der Waals surface area contributed by atoms with Gasteiger partial charge in [-0.1, -0.05) is 19.1 Å². The van der Waals surface area contributed by atoms with Crippen molar-refractivity contribution in [2.75, 3.05) is 25.1 Å². The Morgan fingerprint density at radius 3 is 2.73 bits per heavy atom. The minimum absolute atomic E-state index is 0.166. The highest BCUT2D eigenvalue weighted by atomic mass is 16.5. The van der Waals surface area contributed by atoms with Crippen LogP contribution in [0.1, 0.15) is 36.5 Å². The number of amides is 1. The Morgan fingerprint density at radius 2 is 1.96 bits per heavy atom. The zero-order valence-corrected chi connectivity index (χ0v) is 15.1. The molecule has 138 valence electrons. The Bertz CT molecular complexity index is 725. The number of hydrogen-bond acceptors (Lipinski definition) is 4. The van der Waals surface area contributed by atoms with Gasteiger partial charge in [0.2, 0.25) is 0 Å². The van der Waals surface area contributed by atoms with E-state index < -0.39 is 0 Å². The molecule has 0 saturated carbocycles. The van der Waals surface area contributed by atoms with E-state index in [4.69, 9.17) is 14.2 Å². The van der Waals surface area contributed by atoms with Crippen LogP contribution in [0.5, 0.6) is 11.5 Å². The molecule has 26 heavy (non-hydrogen) atoms. The second kappa shape index (κ2) is 9.25. The lowest BCUT2D eigenvalue weighted by Gasteiger charge is -2.13. The largest absolute Gasteiger partial charge is 0.494 e. The van der Waals surface area contributed by atoms with Crippen LogP contribution in [0.25, 0.3) is 0 Å². The van der Waals surface area contributed by atoms with E-state index in [0.29, 0.717) is 30.2 Å². The molecule has 0 radical (unpaired) electrons. The van der Waals surface area contributed by atoms with Gasteiger partial charge in [-0.2, -0.15) is 0 Å². The Morgan fingerprint density at radius 1 is 1.15 bits per heavy atom. The third-order valence-electron chi connectivity index (χ3n) is 4.12. The smallest absolute Gasteiger partial charge is 0.255 e. The van der Waals surface area contributed by atoms with E-state index in [1.807, 2.05) is 43.3 Å². The summed E-state index contributed by atoms with van der Waals surface area (Å²) < 4.78 is 16.9. The van der Waals surface area contributed by atoms with E-state index in [9.17, 15) is 4.79 Å². The maximum Gasteiger partial charge on any atom is 0.255 e. The van der Waals surface area contributed by atoms with Gasteiger partial charge in [0.25, 0.3) is 5.91 Å². The molecule has 0 spiro atoms. The summed E-state index contributed by atoms with van der Waals surface area (Å²) in [7, 11) is 0. The van der Waals surface area contributed by atoms with Crippen LogP contribution in [0.15, 0.2) is 48.5 Å². The standard InChI is InChI=1S/C21H25NO4/c1-2-11-24-18-8-3-6-16(13-18)21(23)22-17-7-4-9-19(14-17)26-15-20-10-5-12-25-20/h3-4,6-9,13-14,20H,2,5,10-12,15H2,1H3,(H,22,23)/t20-/m0/s1. The summed E-state index contributed by atoms with van der Waals surface area (Å²) in [6.45, 7) is 4.03. The fourth-order valence-electron chi connectivity index (χ4n) is 2.78. The maximum atomic E-state index is 12.5. The lowest BCUT2D eigenvalue weighted by Crippen LogP contribution is -2.16. The van der Waals surface area contributed by atoms with Crippen molar-refractivity contribution in [3.8, 4) is 11.5 Å². The summed E-state index contributed by atoms with van der Waals surface area (Å²) in [5.74, 6) is 1.25. The maximum absolute atomic E-state index is 12.5. The second-order valence-corrected chi connectivity index (χ2v) is 6.30. The van der Waals surface area contributed by atoms with E-state index in [-0.39, 0.29) is 12.0 Å². The van der Waals surface area contributed by atoms with Crippen LogP contribution in [0, 0.1) is 0 Å². The number of carbonyl (C=O) groups excluding carboxylic acids is 1. The number of ether oxygens (including phenoxy) is 3. The van der Waals surface area contributed by atoms with Crippen LogP contribution in [-0.4, -0.2) is 31.8 Å². The molecule has 1 saturated heterocycles. The molecule has 1 aliphatic rings. The summed E-state index contributed by atoms with van der Waals surface area (Å²) >= 11 is 0. The molecule has 0 bridgehead atoms. The molecule has 0 aromatic heterocycles. The van der Waals surface area contributed by atoms with Gasteiger partial charge in [0.05, 0.1) is 12.7 Å². The zero-order chi connectivity index (χ0) is 18.2. The molecule has 1 fully saturated rings. The van der Waals surface area contributed by atoms with Gasteiger partial charge in [-0.05, 0) is 49.6 Å². The quantitative estimate of drug-likeness (QED) is 0.768. The minimum Gasteiger partial charge on any atom is -0.494 e. The van der Waals surface area contributed by atoms with Crippen molar-refractivity contribution < 1.29 is 19.0 Å². The number of benzene rings is 2. The minimum atomic E-state index is -0.178. The normalized spacial score (nSPS) is 16.3. The average Bonchev–Trinajstić information content (AvgIpc) is 3.19. The Labute approximate surface area is 154 Å². The fourth-order valence-corrected chi connectivity index (χ4v) is 2.78. The van der Waals surface area contributed by atoms with Crippen molar-refractivity contribution in [3.05, 3.63) is 54.1 Å². The molecular weight excluding hydrogens is 330 g/mol. The number of anilines is 1. The lowest BCUT2D eigenvalue weighted by molar-refractivity contribution is 0.0680. The molecule has 1 atom stereocenters. The van der Waals surface area contributed by atoms with E-state index >= 15 is 0 Å². The lowest BCUT2D eigenvalue weighted by atomic mass is 10.2. The molecule has 1 N–H and O–H groups in total. The van der Waals surface area contributed by atoms with Gasteiger partial charge in [-0.15, -0.1) is 0 Å². The van der Waals surface area contributed by atoms with Crippen LogP contribution in [-0.2, 0) is 4.74 Å². The molecule has 0 unspecified atom stereocenters. The molecule has 2 aromatic rings. The van der Waals surface area contributed by atoms with Crippen molar-refractivity contribution >= 4 is 11.6 Å². The molecule has 1 aliphatic heterocycles. The molecule has 0 aliphatic carbocycles. The second-order valence-electron chi connectivity index (χ2n) is 6.30. The van der Waals surface area contributed by atoms with E-state index in [2.05, 4.69) is 5.32 Å². The average molecular weight is 355 g/mol. The van der Waals surface area contributed by atoms with Crippen LogP contribution in [0.2, 0.25) is 0 Å². The number of nitrogens with one attached hydrogen (secondary N) is 1. The van der Waals surface area contributed by atoms with E-state index in [1.165, 1.54) is 0 Å². The molecule has 2 aromatic carbocycles.